The molecule has 1 aromatic carbocycles. The van der Waals surface area contributed by atoms with E-state index in [4.69, 9.17) is 11.6 Å². The Balaban J connectivity index is 2.61. The van der Waals surface area contributed by atoms with Crippen LogP contribution in [-0.2, 0) is 6.18 Å². The van der Waals surface area contributed by atoms with Gasteiger partial charge in [-0.2, -0.15) is 17.5 Å². The number of benzene rings is 1. The van der Waals surface area contributed by atoms with E-state index in [0.717, 1.165) is 17.6 Å². The molecule has 0 fully saturated rings. The Kier molecular flexibility index (Phi) is 3.42. The SMILES string of the molecule is FC(F)(F)c1cc(Br)ccc1-c1nsc(Cl)n1. The van der Waals surface area contributed by atoms with Gasteiger partial charge in [-0.25, -0.2) is 4.98 Å². The first-order valence-corrected chi connectivity index (χ1v) is 6.18. The predicted molar refractivity (Wildman–Crippen MR) is 63.1 cm³/mol. The zero-order valence-corrected chi connectivity index (χ0v) is 11.1. The van der Waals surface area contributed by atoms with Crippen molar-refractivity contribution in [3.05, 3.63) is 32.7 Å². The Morgan fingerprint density at radius 3 is 2.53 bits per heavy atom. The van der Waals surface area contributed by atoms with Crippen LogP contribution in [0, 0.1) is 0 Å². The van der Waals surface area contributed by atoms with Crippen LogP contribution in [0.5, 0.6) is 0 Å². The second kappa shape index (κ2) is 4.55. The van der Waals surface area contributed by atoms with Crippen LogP contribution in [0.2, 0.25) is 4.47 Å². The lowest BCUT2D eigenvalue weighted by molar-refractivity contribution is -0.137. The summed E-state index contributed by atoms with van der Waals surface area (Å²) in [5, 5.41) is 0. The molecule has 0 spiro atoms. The summed E-state index contributed by atoms with van der Waals surface area (Å²) in [5.74, 6) is -0.0141. The highest BCUT2D eigenvalue weighted by molar-refractivity contribution is 9.10. The van der Waals surface area contributed by atoms with Gasteiger partial charge in [0.25, 0.3) is 0 Å². The summed E-state index contributed by atoms with van der Waals surface area (Å²) in [6.45, 7) is 0. The fourth-order valence-corrected chi connectivity index (χ4v) is 2.23. The second-order valence-electron chi connectivity index (χ2n) is 3.06. The van der Waals surface area contributed by atoms with Crippen LogP contribution < -0.4 is 0 Å². The lowest BCUT2D eigenvalue weighted by atomic mass is 10.1. The zero-order chi connectivity index (χ0) is 12.6. The van der Waals surface area contributed by atoms with Crippen LogP contribution in [-0.4, -0.2) is 9.36 Å². The fourth-order valence-electron chi connectivity index (χ4n) is 1.26. The lowest BCUT2D eigenvalue weighted by Crippen LogP contribution is -2.07. The van der Waals surface area contributed by atoms with Crippen molar-refractivity contribution in [2.75, 3.05) is 0 Å². The first-order chi connectivity index (χ1) is 7.88. The molecule has 0 saturated carbocycles. The molecule has 0 bridgehead atoms. The van der Waals surface area contributed by atoms with E-state index < -0.39 is 11.7 Å². The van der Waals surface area contributed by atoms with Crippen LogP contribution in [0.4, 0.5) is 13.2 Å². The van der Waals surface area contributed by atoms with Gasteiger partial charge in [0.1, 0.15) is 0 Å². The highest BCUT2D eigenvalue weighted by atomic mass is 79.9. The minimum atomic E-state index is -4.46. The van der Waals surface area contributed by atoms with Crippen LogP contribution in [0.25, 0.3) is 11.4 Å². The Bertz CT molecular complexity index is 555. The van der Waals surface area contributed by atoms with Gasteiger partial charge in [0.05, 0.1) is 5.56 Å². The van der Waals surface area contributed by atoms with Gasteiger partial charge in [0.2, 0.25) is 4.47 Å². The molecule has 2 nitrogen and oxygen atoms in total. The Labute approximate surface area is 112 Å². The van der Waals surface area contributed by atoms with Gasteiger partial charge in [-0.05, 0) is 41.3 Å². The van der Waals surface area contributed by atoms with Crippen molar-refractivity contribution < 1.29 is 13.2 Å². The van der Waals surface area contributed by atoms with Gasteiger partial charge in [-0.3, -0.25) is 0 Å². The molecule has 2 aromatic rings. The summed E-state index contributed by atoms with van der Waals surface area (Å²) in [7, 11) is 0. The fraction of sp³-hybridized carbons (Fsp3) is 0.111. The molecule has 1 aromatic heterocycles. The van der Waals surface area contributed by atoms with Gasteiger partial charge in [-0.1, -0.05) is 15.9 Å². The van der Waals surface area contributed by atoms with E-state index >= 15 is 0 Å². The van der Waals surface area contributed by atoms with Crippen LogP contribution >= 0.6 is 39.1 Å². The smallest absolute Gasteiger partial charge is 0.203 e. The Hall–Kier alpha value is -0.660. The molecule has 0 aliphatic rings. The summed E-state index contributed by atoms with van der Waals surface area (Å²) in [4.78, 5) is 3.74. The highest BCUT2D eigenvalue weighted by Gasteiger charge is 2.34. The molecule has 0 unspecified atom stereocenters. The quantitative estimate of drug-likeness (QED) is 0.754. The van der Waals surface area contributed by atoms with Crippen molar-refractivity contribution in [3.63, 3.8) is 0 Å². The minimum Gasteiger partial charge on any atom is -0.203 e. The van der Waals surface area contributed by atoms with Crippen molar-refractivity contribution in [1.29, 1.82) is 0 Å². The summed E-state index contributed by atoms with van der Waals surface area (Å²) < 4.78 is 42.7. The third kappa shape index (κ3) is 2.78. The van der Waals surface area contributed by atoms with E-state index in [1.165, 1.54) is 12.1 Å². The maximum Gasteiger partial charge on any atom is 0.417 e. The van der Waals surface area contributed by atoms with Gasteiger partial charge < -0.3 is 0 Å². The topological polar surface area (TPSA) is 25.8 Å². The Morgan fingerprint density at radius 1 is 1.29 bits per heavy atom. The average molecular weight is 344 g/mol. The molecule has 0 saturated heterocycles. The molecule has 0 atom stereocenters. The maximum atomic E-state index is 12.8. The van der Waals surface area contributed by atoms with Crippen molar-refractivity contribution in [3.8, 4) is 11.4 Å². The number of rotatable bonds is 1. The van der Waals surface area contributed by atoms with E-state index in [0.29, 0.717) is 4.47 Å². The van der Waals surface area contributed by atoms with Gasteiger partial charge in [-0.15, -0.1) is 0 Å². The molecule has 90 valence electrons. The van der Waals surface area contributed by atoms with E-state index in [-0.39, 0.29) is 15.9 Å². The summed E-state index contributed by atoms with van der Waals surface area (Å²) in [6.07, 6.45) is -4.46. The van der Waals surface area contributed by atoms with Crippen molar-refractivity contribution in [1.82, 2.24) is 9.36 Å². The number of nitrogens with zero attached hydrogens (tertiary/aromatic N) is 2. The molecule has 17 heavy (non-hydrogen) atoms. The molecule has 0 N–H and O–H groups in total. The molecule has 2 rings (SSSR count). The normalized spacial score (nSPS) is 11.8. The summed E-state index contributed by atoms with van der Waals surface area (Å²) in [6, 6.07) is 3.80. The summed E-state index contributed by atoms with van der Waals surface area (Å²) in [5.41, 5.74) is -0.870. The lowest BCUT2D eigenvalue weighted by Gasteiger charge is -2.10. The monoisotopic (exact) mass is 342 g/mol. The highest BCUT2D eigenvalue weighted by Crippen LogP contribution is 2.38. The molecular weight excluding hydrogens is 341 g/mol. The van der Waals surface area contributed by atoms with Crippen LogP contribution in [0.1, 0.15) is 5.56 Å². The molecule has 0 aliphatic heterocycles. The van der Waals surface area contributed by atoms with Crippen molar-refractivity contribution in [2.24, 2.45) is 0 Å². The Morgan fingerprint density at radius 2 is 2.00 bits per heavy atom. The van der Waals surface area contributed by atoms with Crippen molar-refractivity contribution in [2.45, 2.75) is 6.18 Å². The van der Waals surface area contributed by atoms with Gasteiger partial charge in [0, 0.05) is 10.0 Å². The molecular formula is C9H3BrClF3N2S. The number of halogens is 5. The number of aromatic nitrogens is 2. The zero-order valence-electron chi connectivity index (χ0n) is 7.92. The van der Waals surface area contributed by atoms with Gasteiger partial charge in [0.15, 0.2) is 5.82 Å². The molecule has 8 heteroatoms. The maximum absolute atomic E-state index is 12.8. The first-order valence-electron chi connectivity index (χ1n) is 4.24. The molecule has 0 radical (unpaired) electrons. The number of hydrogen-bond donors (Lipinski definition) is 0. The minimum absolute atomic E-state index is 0.0141. The molecule has 1 heterocycles. The van der Waals surface area contributed by atoms with E-state index in [1.807, 2.05) is 0 Å². The van der Waals surface area contributed by atoms with Crippen LogP contribution in [0.15, 0.2) is 22.7 Å². The number of alkyl halides is 3. The average Bonchev–Trinajstić information content (AvgIpc) is 2.63. The second-order valence-corrected chi connectivity index (χ2v) is 5.31. The van der Waals surface area contributed by atoms with Crippen LogP contribution in [0.3, 0.4) is 0 Å². The van der Waals surface area contributed by atoms with E-state index in [2.05, 4.69) is 25.3 Å². The molecule has 0 amide bonds. The largest absolute Gasteiger partial charge is 0.417 e. The number of hydrogen-bond acceptors (Lipinski definition) is 3. The van der Waals surface area contributed by atoms with E-state index in [9.17, 15) is 13.2 Å². The van der Waals surface area contributed by atoms with E-state index in [1.54, 1.807) is 0 Å². The third-order valence-electron chi connectivity index (χ3n) is 1.93. The van der Waals surface area contributed by atoms with Gasteiger partial charge >= 0.3 is 6.18 Å². The van der Waals surface area contributed by atoms with Crippen molar-refractivity contribution >= 4 is 39.1 Å². The third-order valence-corrected chi connectivity index (χ3v) is 3.22. The molecule has 0 aliphatic carbocycles. The first kappa shape index (κ1) is 12.8. The predicted octanol–water partition coefficient (Wildman–Crippen LogP) is 4.64. The standard InChI is InChI=1S/C9H3BrClF3N2S/c10-4-1-2-5(6(3-4)9(12,13)14)7-15-8(11)17-16-7/h1-3H. The summed E-state index contributed by atoms with van der Waals surface area (Å²) >= 11 is 9.41.